The van der Waals surface area contributed by atoms with Gasteiger partial charge in [-0.2, -0.15) is 10.5 Å². The maximum atomic E-state index is 10.3. The highest BCUT2D eigenvalue weighted by Crippen LogP contribution is 2.46. The SMILES string of the molecule is N#Cc1ccc2c(c1)c1c(n2-c2cccc(C#N)c2-c2ccc3sc4c(ccc5c6ccccc6sc54)c3c2)C=CCC1. The molecule has 0 unspecified atom stereocenters. The van der Waals surface area contributed by atoms with E-state index in [1.807, 2.05) is 46.9 Å². The van der Waals surface area contributed by atoms with E-state index in [1.165, 1.54) is 45.9 Å². The van der Waals surface area contributed by atoms with Crippen molar-refractivity contribution in [3.63, 3.8) is 0 Å². The highest BCUT2D eigenvalue weighted by molar-refractivity contribution is 7.33. The molecule has 3 heterocycles. The lowest BCUT2D eigenvalue weighted by atomic mass is 9.96. The molecule has 1 aliphatic rings. The summed E-state index contributed by atoms with van der Waals surface area (Å²) < 4.78 is 7.51. The van der Waals surface area contributed by atoms with Gasteiger partial charge in [0.15, 0.2) is 0 Å². The number of benzene rings is 5. The molecule has 0 spiro atoms. The fourth-order valence-corrected chi connectivity index (χ4v) is 9.38. The van der Waals surface area contributed by atoms with Crippen LogP contribution in [-0.4, -0.2) is 4.57 Å². The molecule has 0 saturated heterocycles. The van der Waals surface area contributed by atoms with Gasteiger partial charge in [-0.15, -0.1) is 22.7 Å². The third-order valence-electron chi connectivity index (χ3n) is 8.75. The predicted octanol–water partition coefficient (Wildman–Crippen LogP) is 10.7. The standard InChI is InChI=1S/C38H21N3S2/c39-20-22-12-16-32-29(18-22)25-7-1-3-9-31(25)41(32)33-10-5-6-24(21-40)36(33)23-13-17-35-30(19-23)28-15-14-27-26-8-2-4-11-34(26)42-37(27)38(28)43-35/h2-6,8-19H,1,7H2. The normalized spacial score (nSPS) is 12.8. The Labute approximate surface area is 255 Å². The molecule has 0 saturated carbocycles. The number of thiophene rings is 2. The fourth-order valence-electron chi connectivity index (χ4n) is 6.86. The van der Waals surface area contributed by atoms with Crippen LogP contribution in [0, 0.1) is 22.7 Å². The van der Waals surface area contributed by atoms with Gasteiger partial charge in [0.2, 0.25) is 0 Å². The molecule has 0 radical (unpaired) electrons. The van der Waals surface area contributed by atoms with Gasteiger partial charge in [0.05, 0.1) is 43.9 Å². The second-order valence-electron chi connectivity index (χ2n) is 11.0. The zero-order chi connectivity index (χ0) is 28.7. The van der Waals surface area contributed by atoms with E-state index < -0.39 is 0 Å². The maximum Gasteiger partial charge on any atom is 0.0998 e. The summed E-state index contributed by atoms with van der Waals surface area (Å²) in [5, 5.41) is 26.2. The summed E-state index contributed by atoms with van der Waals surface area (Å²) in [6.07, 6.45) is 6.31. The molecular formula is C38H21N3S2. The van der Waals surface area contributed by atoms with Gasteiger partial charge in [-0.25, -0.2) is 0 Å². The summed E-state index contributed by atoms with van der Waals surface area (Å²) in [4.78, 5) is 0. The number of aromatic nitrogens is 1. The summed E-state index contributed by atoms with van der Waals surface area (Å²) >= 11 is 3.72. The molecular weight excluding hydrogens is 563 g/mol. The molecule has 0 aliphatic heterocycles. The predicted molar refractivity (Wildman–Crippen MR) is 181 cm³/mol. The van der Waals surface area contributed by atoms with E-state index in [2.05, 4.69) is 95.6 Å². The van der Waals surface area contributed by atoms with Crippen molar-refractivity contribution in [1.82, 2.24) is 4.57 Å². The first-order valence-electron chi connectivity index (χ1n) is 14.3. The number of hydrogen-bond acceptors (Lipinski definition) is 4. The van der Waals surface area contributed by atoms with Crippen molar-refractivity contribution in [2.75, 3.05) is 0 Å². The zero-order valence-electron chi connectivity index (χ0n) is 22.9. The van der Waals surface area contributed by atoms with Crippen molar-refractivity contribution >= 4 is 80.0 Å². The van der Waals surface area contributed by atoms with E-state index in [4.69, 9.17) is 0 Å². The minimum absolute atomic E-state index is 0.646. The first kappa shape index (κ1) is 24.4. The van der Waals surface area contributed by atoms with Crippen LogP contribution in [-0.2, 0) is 6.42 Å². The minimum Gasteiger partial charge on any atom is -0.309 e. The van der Waals surface area contributed by atoms with Crippen LogP contribution >= 0.6 is 22.7 Å². The van der Waals surface area contributed by atoms with E-state index in [9.17, 15) is 10.5 Å². The number of rotatable bonds is 2. The van der Waals surface area contributed by atoms with E-state index >= 15 is 0 Å². The van der Waals surface area contributed by atoms with Crippen molar-refractivity contribution in [1.29, 1.82) is 10.5 Å². The Hall–Kier alpha value is -5.20. The maximum absolute atomic E-state index is 10.3. The van der Waals surface area contributed by atoms with Crippen LogP contribution in [0.15, 0.2) is 97.1 Å². The Morgan fingerprint density at radius 3 is 2.33 bits per heavy atom. The van der Waals surface area contributed by atoms with Gasteiger partial charge >= 0.3 is 0 Å². The Balaban J connectivity index is 1.32. The van der Waals surface area contributed by atoms with Crippen molar-refractivity contribution in [2.24, 2.45) is 0 Å². The number of nitrogens with zero attached hydrogens (tertiary/aromatic N) is 3. The van der Waals surface area contributed by atoms with Crippen LogP contribution in [0.1, 0.15) is 28.8 Å². The lowest BCUT2D eigenvalue weighted by Gasteiger charge is -2.17. The Kier molecular flexibility index (Phi) is 5.19. The molecule has 0 bridgehead atoms. The summed E-state index contributed by atoms with van der Waals surface area (Å²) in [6.45, 7) is 0. The summed E-state index contributed by atoms with van der Waals surface area (Å²) in [6, 6.07) is 36.6. The summed E-state index contributed by atoms with van der Waals surface area (Å²) in [5.41, 5.74) is 7.68. The molecule has 3 nitrogen and oxygen atoms in total. The third kappa shape index (κ3) is 3.44. The number of aryl methyl sites for hydroxylation is 1. The van der Waals surface area contributed by atoms with Gasteiger partial charge in [0.25, 0.3) is 0 Å². The van der Waals surface area contributed by atoms with Crippen LogP contribution in [0.2, 0.25) is 0 Å². The average molecular weight is 584 g/mol. The largest absolute Gasteiger partial charge is 0.309 e. The third-order valence-corrected chi connectivity index (χ3v) is 11.3. The molecule has 0 fully saturated rings. The van der Waals surface area contributed by atoms with Crippen molar-refractivity contribution in [2.45, 2.75) is 12.8 Å². The lowest BCUT2D eigenvalue weighted by Crippen LogP contribution is -2.03. The monoisotopic (exact) mass is 583 g/mol. The van der Waals surface area contributed by atoms with Crippen molar-refractivity contribution < 1.29 is 0 Å². The quantitative estimate of drug-likeness (QED) is 0.203. The van der Waals surface area contributed by atoms with Crippen LogP contribution in [0.5, 0.6) is 0 Å². The minimum atomic E-state index is 0.646. The zero-order valence-corrected chi connectivity index (χ0v) is 24.5. The average Bonchev–Trinajstić information content (AvgIpc) is 3.73. The highest BCUT2D eigenvalue weighted by Gasteiger charge is 2.23. The van der Waals surface area contributed by atoms with Gasteiger partial charge < -0.3 is 4.57 Å². The Morgan fingerprint density at radius 1 is 0.674 bits per heavy atom. The van der Waals surface area contributed by atoms with Crippen LogP contribution < -0.4 is 0 Å². The molecule has 1 aliphatic carbocycles. The number of nitriles is 2. The van der Waals surface area contributed by atoms with Crippen LogP contribution in [0.25, 0.3) is 74.1 Å². The summed E-state index contributed by atoms with van der Waals surface area (Å²) in [5.74, 6) is 0. The van der Waals surface area contributed by atoms with Gasteiger partial charge in [0.1, 0.15) is 0 Å². The lowest BCUT2D eigenvalue weighted by molar-refractivity contribution is 0.968. The molecule has 8 aromatic rings. The van der Waals surface area contributed by atoms with Gasteiger partial charge in [0, 0.05) is 47.6 Å². The molecule has 0 amide bonds. The molecule has 43 heavy (non-hydrogen) atoms. The van der Waals surface area contributed by atoms with E-state index in [0.29, 0.717) is 11.1 Å². The smallest absolute Gasteiger partial charge is 0.0998 e. The molecule has 5 heteroatoms. The first-order chi connectivity index (χ1) is 21.2. The number of fused-ring (bicyclic) bond motifs is 10. The molecule has 3 aromatic heterocycles. The van der Waals surface area contributed by atoms with Gasteiger partial charge in [-0.3, -0.25) is 0 Å². The molecule has 0 N–H and O–H groups in total. The Bertz CT molecular complexity index is 2590. The Morgan fingerprint density at radius 2 is 1.49 bits per heavy atom. The fraction of sp³-hybridized carbons (Fsp3) is 0.0526. The highest BCUT2D eigenvalue weighted by atomic mass is 32.1. The van der Waals surface area contributed by atoms with E-state index in [1.54, 1.807) is 0 Å². The van der Waals surface area contributed by atoms with Crippen LogP contribution in [0.4, 0.5) is 0 Å². The topological polar surface area (TPSA) is 52.5 Å². The van der Waals surface area contributed by atoms with Crippen molar-refractivity contribution in [3.8, 4) is 29.0 Å². The van der Waals surface area contributed by atoms with Gasteiger partial charge in [-0.1, -0.05) is 48.5 Å². The van der Waals surface area contributed by atoms with Crippen LogP contribution in [0.3, 0.4) is 0 Å². The first-order valence-corrected chi connectivity index (χ1v) is 15.9. The molecule has 0 atom stereocenters. The van der Waals surface area contributed by atoms with Crippen molar-refractivity contribution in [3.05, 3.63) is 119 Å². The van der Waals surface area contributed by atoms with E-state index in [0.717, 1.165) is 46.3 Å². The van der Waals surface area contributed by atoms with E-state index in [-0.39, 0.29) is 0 Å². The number of hydrogen-bond donors (Lipinski definition) is 0. The molecule has 5 aromatic carbocycles. The second-order valence-corrected chi connectivity index (χ2v) is 13.1. The van der Waals surface area contributed by atoms with Gasteiger partial charge in [-0.05, 0) is 78.6 Å². The second kappa shape index (κ2) is 9.15. The molecule has 9 rings (SSSR count). The number of allylic oxidation sites excluding steroid dienone is 1. The molecule has 200 valence electrons. The summed E-state index contributed by atoms with van der Waals surface area (Å²) in [7, 11) is 0.